The first kappa shape index (κ1) is 14.1. The van der Waals surface area contributed by atoms with E-state index in [0.29, 0.717) is 20.7 Å². The van der Waals surface area contributed by atoms with E-state index in [2.05, 4.69) is 20.9 Å². The second-order valence-corrected chi connectivity index (χ2v) is 5.51. The first-order valence-corrected chi connectivity index (χ1v) is 6.81. The Labute approximate surface area is 121 Å². The smallest absolute Gasteiger partial charge is 0.347 e. The van der Waals surface area contributed by atoms with Crippen LogP contribution in [0.5, 0.6) is 0 Å². The highest BCUT2D eigenvalue weighted by molar-refractivity contribution is 9.10. The maximum Gasteiger partial charge on any atom is 0.347 e. The normalized spacial score (nSPS) is 10.7. The minimum absolute atomic E-state index is 0.102. The summed E-state index contributed by atoms with van der Waals surface area (Å²) in [5.41, 5.74) is 0.862. The number of carboxylic acid groups (broad SMARTS) is 1. The second-order valence-electron chi connectivity index (χ2n) is 3.66. The quantitative estimate of drug-likeness (QED) is 0.920. The fourth-order valence-corrected chi connectivity index (χ4v) is 3.03. The Balaban J connectivity index is 2.53. The number of halogens is 2. The average molecular weight is 346 g/mol. The molecule has 1 N–H and O–H groups in total. The maximum atomic E-state index is 13.3. The number of thiazole rings is 1. The van der Waals surface area contributed by atoms with E-state index in [4.69, 9.17) is 9.84 Å². The number of hydrogen-bond acceptors (Lipinski definition) is 4. The molecular formula is C12H9BrFNO3S. The van der Waals surface area contributed by atoms with Gasteiger partial charge in [0.05, 0.1) is 12.3 Å². The van der Waals surface area contributed by atoms with E-state index in [1.807, 2.05) is 0 Å². The van der Waals surface area contributed by atoms with E-state index >= 15 is 0 Å². The third kappa shape index (κ3) is 2.99. The van der Waals surface area contributed by atoms with Crippen LogP contribution in [0.2, 0.25) is 0 Å². The molecule has 2 rings (SSSR count). The summed E-state index contributed by atoms with van der Waals surface area (Å²) in [6, 6.07) is 4.18. The lowest BCUT2D eigenvalue weighted by Crippen LogP contribution is -1.99. The summed E-state index contributed by atoms with van der Waals surface area (Å²) in [4.78, 5) is 15.4. The molecule has 0 saturated carbocycles. The molecule has 0 fully saturated rings. The molecule has 1 aromatic carbocycles. The van der Waals surface area contributed by atoms with Gasteiger partial charge in [-0.25, -0.2) is 14.2 Å². The number of carbonyl (C=O) groups is 1. The summed E-state index contributed by atoms with van der Waals surface area (Å²) in [6.45, 7) is 0.102. The number of aromatic carboxylic acids is 1. The van der Waals surface area contributed by atoms with Crippen LogP contribution in [-0.2, 0) is 11.3 Å². The van der Waals surface area contributed by atoms with Crippen molar-refractivity contribution >= 4 is 33.2 Å². The molecule has 0 radical (unpaired) electrons. The van der Waals surface area contributed by atoms with E-state index in [1.54, 1.807) is 6.07 Å². The highest BCUT2D eigenvalue weighted by Gasteiger charge is 2.19. The van der Waals surface area contributed by atoms with Gasteiger partial charge in [-0.15, -0.1) is 11.3 Å². The molecule has 19 heavy (non-hydrogen) atoms. The second kappa shape index (κ2) is 5.77. The molecule has 0 aliphatic carbocycles. The molecule has 0 atom stereocenters. The molecule has 7 heteroatoms. The third-order valence-corrected chi connectivity index (χ3v) is 4.14. The van der Waals surface area contributed by atoms with Crippen LogP contribution < -0.4 is 0 Å². The Bertz CT molecular complexity index is 629. The Kier molecular flexibility index (Phi) is 4.28. The zero-order valence-corrected chi connectivity index (χ0v) is 12.2. The van der Waals surface area contributed by atoms with Gasteiger partial charge in [-0.3, -0.25) is 0 Å². The van der Waals surface area contributed by atoms with Crippen molar-refractivity contribution in [2.45, 2.75) is 6.61 Å². The van der Waals surface area contributed by atoms with Gasteiger partial charge in [-0.1, -0.05) is 15.9 Å². The minimum Gasteiger partial charge on any atom is -0.477 e. The number of benzene rings is 1. The van der Waals surface area contributed by atoms with Crippen molar-refractivity contribution in [3.8, 4) is 10.6 Å². The predicted molar refractivity (Wildman–Crippen MR) is 72.9 cm³/mol. The molecule has 1 heterocycles. The van der Waals surface area contributed by atoms with E-state index in [1.165, 1.54) is 19.2 Å². The first-order valence-electron chi connectivity index (χ1n) is 5.20. The molecule has 1 aromatic heterocycles. The van der Waals surface area contributed by atoms with Crippen molar-refractivity contribution in [2.75, 3.05) is 7.11 Å². The summed E-state index contributed by atoms with van der Waals surface area (Å²) >= 11 is 4.29. The topological polar surface area (TPSA) is 59.4 Å². The van der Waals surface area contributed by atoms with Crippen LogP contribution in [-0.4, -0.2) is 23.2 Å². The molecule has 0 aliphatic rings. The number of methoxy groups -OCH3 is 1. The summed E-state index contributed by atoms with van der Waals surface area (Å²) in [7, 11) is 1.46. The van der Waals surface area contributed by atoms with Crippen LogP contribution in [0, 0.1) is 5.82 Å². The van der Waals surface area contributed by atoms with Crippen LogP contribution in [0.4, 0.5) is 4.39 Å². The number of carboxylic acids is 1. The Morgan fingerprint density at radius 2 is 2.32 bits per heavy atom. The van der Waals surface area contributed by atoms with Gasteiger partial charge in [-0.2, -0.15) is 0 Å². The summed E-state index contributed by atoms with van der Waals surface area (Å²) in [5.74, 6) is -1.47. The minimum atomic E-state index is -1.07. The lowest BCUT2D eigenvalue weighted by Gasteiger charge is -2.00. The SMILES string of the molecule is COCc1nc(-c2cc(F)ccc2Br)sc1C(=O)O. The number of hydrogen-bond donors (Lipinski definition) is 1. The summed E-state index contributed by atoms with van der Waals surface area (Å²) in [6.07, 6.45) is 0. The molecule has 100 valence electrons. The van der Waals surface area contributed by atoms with Crippen molar-refractivity contribution in [3.63, 3.8) is 0 Å². The third-order valence-electron chi connectivity index (χ3n) is 2.33. The van der Waals surface area contributed by atoms with Gasteiger partial charge in [-0.05, 0) is 18.2 Å². The lowest BCUT2D eigenvalue weighted by molar-refractivity contribution is 0.0697. The molecule has 0 bridgehead atoms. The van der Waals surface area contributed by atoms with Crippen molar-refractivity contribution < 1.29 is 19.0 Å². The Morgan fingerprint density at radius 1 is 1.58 bits per heavy atom. The van der Waals surface area contributed by atoms with E-state index in [0.717, 1.165) is 11.3 Å². The van der Waals surface area contributed by atoms with E-state index < -0.39 is 11.8 Å². The number of aromatic nitrogens is 1. The van der Waals surface area contributed by atoms with Gasteiger partial charge in [0.2, 0.25) is 0 Å². The van der Waals surface area contributed by atoms with Gasteiger partial charge in [0.1, 0.15) is 15.7 Å². The van der Waals surface area contributed by atoms with Crippen molar-refractivity contribution in [1.29, 1.82) is 0 Å². The van der Waals surface area contributed by atoms with Crippen LogP contribution in [0.3, 0.4) is 0 Å². The summed E-state index contributed by atoms with van der Waals surface area (Å²) < 4.78 is 18.8. The zero-order valence-electron chi connectivity index (χ0n) is 9.81. The number of ether oxygens (including phenoxy) is 1. The van der Waals surface area contributed by atoms with E-state index in [-0.39, 0.29) is 11.5 Å². The van der Waals surface area contributed by atoms with Gasteiger partial charge < -0.3 is 9.84 Å². The number of rotatable bonds is 4. The van der Waals surface area contributed by atoms with Crippen LogP contribution in [0.25, 0.3) is 10.6 Å². The van der Waals surface area contributed by atoms with Crippen LogP contribution in [0.1, 0.15) is 15.4 Å². The molecular weight excluding hydrogens is 337 g/mol. The molecule has 0 aliphatic heterocycles. The Morgan fingerprint density at radius 3 is 2.95 bits per heavy atom. The largest absolute Gasteiger partial charge is 0.477 e. The van der Waals surface area contributed by atoms with Crippen LogP contribution >= 0.6 is 27.3 Å². The summed E-state index contributed by atoms with van der Waals surface area (Å²) in [5, 5.41) is 9.55. The first-order chi connectivity index (χ1) is 9.02. The van der Waals surface area contributed by atoms with Gasteiger partial charge >= 0.3 is 5.97 Å². The van der Waals surface area contributed by atoms with E-state index in [9.17, 15) is 9.18 Å². The average Bonchev–Trinajstić information content (AvgIpc) is 2.77. The van der Waals surface area contributed by atoms with Crippen molar-refractivity contribution in [1.82, 2.24) is 4.98 Å². The lowest BCUT2D eigenvalue weighted by atomic mass is 10.2. The highest BCUT2D eigenvalue weighted by Crippen LogP contribution is 2.34. The molecule has 4 nitrogen and oxygen atoms in total. The van der Waals surface area contributed by atoms with Gasteiger partial charge in [0, 0.05) is 17.1 Å². The van der Waals surface area contributed by atoms with Crippen LogP contribution in [0.15, 0.2) is 22.7 Å². The number of nitrogens with zero attached hydrogens (tertiary/aromatic N) is 1. The predicted octanol–water partition coefficient (Wildman–Crippen LogP) is 3.56. The molecule has 0 spiro atoms. The molecule has 0 saturated heterocycles. The molecule has 0 amide bonds. The van der Waals surface area contributed by atoms with Gasteiger partial charge in [0.15, 0.2) is 0 Å². The van der Waals surface area contributed by atoms with Crippen molar-refractivity contribution in [3.05, 3.63) is 39.1 Å². The highest BCUT2D eigenvalue weighted by atomic mass is 79.9. The monoisotopic (exact) mass is 345 g/mol. The van der Waals surface area contributed by atoms with Crippen molar-refractivity contribution in [2.24, 2.45) is 0 Å². The molecule has 0 unspecified atom stereocenters. The molecule has 2 aromatic rings. The fraction of sp³-hybridized carbons (Fsp3) is 0.167. The standard InChI is InChI=1S/C12H9BrFNO3S/c1-18-5-9-10(12(16)17)19-11(15-9)7-4-6(14)2-3-8(7)13/h2-4H,5H2,1H3,(H,16,17). The Hall–Kier alpha value is -1.31. The van der Waals surface area contributed by atoms with Gasteiger partial charge in [0.25, 0.3) is 0 Å². The zero-order chi connectivity index (χ0) is 14.0. The maximum absolute atomic E-state index is 13.3. The fourth-order valence-electron chi connectivity index (χ4n) is 1.53.